The zero-order valence-electron chi connectivity index (χ0n) is 12.8. The maximum Gasteiger partial charge on any atom is 0.128 e. The molecule has 4 nitrogen and oxygen atoms in total. The van der Waals surface area contributed by atoms with Gasteiger partial charge in [0.25, 0.3) is 0 Å². The van der Waals surface area contributed by atoms with Crippen molar-refractivity contribution in [3.63, 3.8) is 0 Å². The van der Waals surface area contributed by atoms with Crippen LogP contribution >= 0.6 is 23.2 Å². The number of pyridine rings is 1. The largest absolute Gasteiger partial charge is 0.492 e. The van der Waals surface area contributed by atoms with Gasteiger partial charge in [-0.2, -0.15) is 0 Å². The van der Waals surface area contributed by atoms with Gasteiger partial charge in [-0.05, 0) is 36.4 Å². The first-order valence-corrected chi connectivity index (χ1v) is 8.43. The summed E-state index contributed by atoms with van der Waals surface area (Å²) in [4.78, 5) is 9.07. The highest BCUT2D eigenvalue weighted by molar-refractivity contribution is 6.30. The molecule has 0 aliphatic carbocycles. The molecule has 6 heteroatoms. The van der Waals surface area contributed by atoms with Crippen molar-refractivity contribution in [2.45, 2.75) is 0 Å². The molecule has 0 bridgehead atoms. The van der Waals surface area contributed by atoms with E-state index < -0.39 is 0 Å². The van der Waals surface area contributed by atoms with E-state index in [2.05, 4.69) is 14.8 Å². The van der Waals surface area contributed by atoms with Crippen molar-refractivity contribution in [3.8, 4) is 5.75 Å². The summed E-state index contributed by atoms with van der Waals surface area (Å²) in [6, 6.07) is 11.3. The maximum absolute atomic E-state index is 5.88. The average Bonchev–Trinajstić information content (AvgIpc) is 2.58. The average molecular weight is 352 g/mol. The van der Waals surface area contributed by atoms with E-state index in [0.29, 0.717) is 11.6 Å². The Balaban J connectivity index is 1.40. The van der Waals surface area contributed by atoms with Gasteiger partial charge in [0.2, 0.25) is 0 Å². The Morgan fingerprint density at radius 1 is 0.913 bits per heavy atom. The van der Waals surface area contributed by atoms with Gasteiger partial charge in [0, 0.05) is 43.9 Å². The third-order valence-corrected chi connectivity index (χ3v) is 4.37. The van der Waals surface area contributed by atoms with Crippen LogP contribution in [0.1, 0.15) is 0 Å². The van der Waals surface area contributed by atoms with E-state index in [4.69, 9.17) is 27.9 Å². The SMILES string of the molecule is Clc1ccc(OCCN2CCN(c3ccc(Cl)cn3)CC2)cc1. The van der Waals surface area contributed by atoms with Crippen LogP contribution in [0.3, 0.4) is 0 Å². The van der Waals surface area contributed by atoms with Crippen LogP contribution in [0.2, 0.25) is 10.0 Å². The number of rotatable bonds is 5. The molecule has 0 spiro atoms. The molecule has 1 fully saturated rings. The summed E-state index contributed by atoms with van der Waals surface area (Å²) in [6.45, 7) is 5.55. The highest BCUT2D eigenvalue weighted by atomic mass is 35.5. The maximum atomic E-state index is 5.88. The van der Waals surface area contributed by atoms with Crippen LogP contribution in [0.4, 0.5) is 5.82 Å². The molecule has 2 heterocycles. The molecule has 0 radical (unpaired) electrons. The standard InChI is InChI=1S/C17H19Cl2N3O/c18-14-1-4-16(5-2-14)23-12-11-21-7-9-22(10-8-21)17-6-3-15(19)13-20-17/h1-6,13H,7-12H2. The minimum absolute atomic E-state index is 0.673. The summed E-state index contributed by atoms with van der Waals surface area (Å²) in [6.07, 6.45) is 1.70. The van der Waals surface area contributed by atoms with Crippen molar-refractivity contribution in [1.82, 2.24) is 9.88 Å². The summed E-state index contributed by atoms with van der Waals surface area (Å²) in [7, 11) is 0. The minimum atomic E-state index is 0.673. The van der Waals surface area contributed by atoms with Gasteiger partial charge < -0.3 is 9.64 Å². The molecule has 23 heavy (non-hydrogen) atoms. The Hall–Kier alpha value is -1.49. The van der Waals surface area contributed by atoms with Crippen molar-refractivity contribution in [2.24, 2.45) is 0 Å². The number of anilines is 1. The van der Waals surface area contributed by atoms with E-state index in [1.165, 1.54) is 0 Å². The predicted octanol–water partition coefficient (Wildman–Crippen LogP) is 3.59. The lowest BCUT2D eigenvalue weighted by atomic mass is 10.3. The molecule has 1 aliphatic heterocycles. The van der Waals surface area contributed by atoms with Gasteiger partial charge in [0.05, 0.1) is 5.02 Å². The van der Waals surface area contributed by atoms with E-state index in [0.717, 1.165) is 49.3 Å². The smallest absolute Gasteiger partial charge is 0.128 e. The minimum Gasteiger partial charge on any atom is -0.492 e. The summed E-state index contributed by atoms with van der Waals surface area (Å²) in [5.41, 5.74) is 0. The molecule has 1 saturated heterocycles. The number of ether oxygens (including phenoxy) is 1. The Labute approximate surface area is 146 Å². The van der Waals surface area contributed by atoms with Gasteiger partial charge >= 0.3 is 0 Å². The van der Waals surface area contributed by atoms with Gasteiger partial charge in [-0.25, -0.2) is 4.98 Å². The molecule has 1 aromatic heterocycles. The zero-order valence-corrected chi connectivity index (χ0v) is 14.3. The van der Waals surface area contributed by atoms with E-state index in [-0.39, 0.29) is 0 Å². The van der Waals surface area contributed by atoms with Gasteiger partial charge in [-0.3, -0.25) is 4.90 Å². The fraction of sp³-hybridized carbons (Fsp3) is 0.353. The molecule has 1 aromatic carbocycles. The molecule has 0 unspecified atom stereocenters. The summed E-state index contributed by atoms with van der Waals surface area (Å²) in [5.74, 6) is 1.85. The highest BCUT2D eigenvalue weighted by Gasteiger charge is 2.17. The first kappa shape index (κ1) is 16.4. The first-order chi connectivity index (χ1) is 11.2. The van der Waals surface area contributed by atoms with Crippen molar-refractivity contribution in [2.75, 3.05) is 44.2 Å². The molecular weight excluding hydrogens is 333 g/mol. The number of nitrogens with zero attached hydrogens (tertiary/aromatic N) is 3. The molecule has 2 aromatic rings. The van der Waals surface area contributed by atoms with E-state index in [9.17, 15) is 0 Å². The fourth-order valence-electron chi connectivity index (χ4n) is 2.58. The fourth-order valence-corrected chi connectivity index (χ4v) is 2.82. The van der Waals surface area contributed by atoms with Crippen LogP contribution in [0.5, 0.6) is 5.75 Å². The van der Waals surface area contributed by atoms with E-state index in [1.807, 2.05) is 36.4 Å². The van der Waals surface area contributed by atoms with Crippen molar-refractivity contribution >= 4 is 29.0 Å². The molecule has 0 amide bonds. The molecule has 0 N–H and O–H groups in total. The molecule has 122 valence electrons. The lowest BCUT2D eigenvalue weighted by molar-refractivity contribution is 0.200. The first-order valence-electron chi connectivity index (χ1n) is 7.68. The molecule has 0 atom stereocenters. The van der Waals surface area contributed by atoms with Gasteiger partial charge in [-0.15, -0.1) is 0 Å². The van der Waals surface area contributed by atoms with Crippen LogP contribution in [0, 0.1) is 0 Å². The molecule has 3 rings (SSSR count). The Morgan fingerprint density at radius 2 is 1.61 bits per heavy atom. The molecule has 1 aliphatic rings. The lowest BCUT2D eigenvalue weighted by Gasteiger charge is -2.35. The Morgan fingerprint density at radius 3 is 2.26 bits per heavy atom. The predicted molar refractivity (Wildman–Crippen MR) is 94.8 cm³/mol. The van der Waals surface area contributed by atoms with Crippen LogP contribution in [-0.4, -0.2) is 49.2 Å². The Kier molecular flexibility index (Phi) is 5.60. The monoisotopic (exact) mass is 351 g/mol. The van der Waals surface area contributed by atoms with E-state index in [1.54, 1.807) is 6.20 Å². The van der Waals surface area contributed by atoms with Crippen LogP contribution in [-0.2, 0) is 0 Å². The number of benzene rings is 1. The molecule has 0 saturated carbocycles. The van der Waals surface area contributed by atoms with Crippen molar-refractivity contribution in [1.29, 1.82) is 0 Å². The molecular formula is C17H19Cl2N3O. The van der Waals surface area contributed by atoms with Crippen molar-refractivity contribution < 1.29 is 4.74 Å². The third kappa shape index (κ3) is 4.74. The number of halogens is 2. The highest BCUT2D eigenvalue weighted by Crippen LogP contribution is 2.17. The number of aromatic nitrogens is 1. The second kappa shape index (κ2) is 7.86. The zero-order chi connectivity index (χ0) is 16.1. The topological polar surface area (TPSA) is 28.6 Å². The van der Waals surface area contributed by atoms with Crippen LogP contribution in [0.15, 0.2) is 42.6 Å². The number of hydrogen-bond acceptors (Lipinski definition) is 4. The van der Waals surface area contributed by atoms with Crippen LogP contribution < -0.4 is 9.64 Å². The second-order valence-corrected chi connectivity index (χ2v) is 6.34. The van der Waals surface area contributed by atoms with Crippen LogP contribution in [0.25, 0.3) is 0 Å². The quantitative estimate of drug-likeness (QED) is 0.822. The Bertz CT molecular complexity index is 608. The van der Waals surface area contributed by atoms with Gasteiger partial charge in [0.1, 0.15) is 18.2 Å². The third-order valence-electron chi connectivity index (χ3n) is 3.90. The van der Waals surface area contributed by atoms with Gasteiger partial charge in [-0.1, -0.05) is 23.2 Å². The number of hydrogen-bond donors (Lipinski definition) is 0. The summed E-state index contributed by atoms with van der Waals surface area (Å²) in [5, 5.41) is 1.40. The van der Waals surface area contributed by atoms with Crippen molar-refractivity contribution in [3.05, 3.63) is 52.6 Å². The lowest BCUT2D eigenvalue weighted by Crippen LogP contribution is -2.47. The second-order valence-electron chi connectivity index (χ2n) is 5.47. The normalized spacial score (nSPS) is 15.7. The summed E-state index contributed by atoms with van der Waals surface area (Å²) < 4.78 is 5.75. The van der Waals surface area contributed by atoms with Gasteiger partial charge in [0.15, 0.2) is 0 Å². The summed E-state index contributed by atoms with van der Waals surface area (Å²) >= 11 is 11.7. The van der Waals surface area contributed by atoms with E-state index >= 15 is 0 Å². The number of piperazine rings is 1.